The monoisotopic (exact) mass is 262 g/mol. The predicted octanol–water partition coefficient (Wildman–Crippen LogP) is 2.52. The number of hydrogen-bond acceptors (Lipinski definition) is 4. The molecule has 1 unspecified atom stereocenters. The molecule has 1 fully saturated rings. The zero-order valence-corrected chi connectivity index (χ0v) is 12.8. The van der Waals surface area contributed by atoms with Crippen molar-refractivity contribution in [3.8, 4) is 0 Å². The van der Waals surface area contributed by atoms with E-state index in [1.807, 2.05) is 6.20 Å². The van der Waals surface area contributed by atoms with E-state index < -0.39 is 0 Å². The molecule has 0 radical (unpaired) electrons. The molecule has 2 rings (SSSR count). The Morgan fingerprint density at radius 3 is 2.68 bits per heavy atom. The fraction of sp³-hybridized carbons (Fsp3) is 0.733. The Hall–Kier alpha value is -1.16. The van der Waals surface area contributed by atoms with Gasteiger partial charge in [-0.15, -0.1) is 0 Å². The first kappa shape index (κ1) is 14.3. The summed E-state index contributed by atoms with van der Waals surface area (Å²) in [6.45, 7) is 13.9. The third kappa shape index (κ3) is 3.90. The summed E-state index contributed by atoms with van der Waals surface area (Å²) in [5.74, 6) is 1.65. The van der Waals surface area contributed by atoms with Crippen molar-refractivity contribution in [3.63, 3.8) is 0 Å². The van der Waals surface area contributed by atoms with Gasteiger partial charge in [0.05, 0.1) is 0 Å². The number of anilines is 1. The lowest BCUT2D eigenvalue weighted by molar-refractivity contribution is 0.423. The van der Waals surface area contributed by atoms with Gasteiger partial charge in [-0.1, -0.05) is 6.92 Å². The summed E-state index contributed by atoms with van der Waals surface area (Å²) in [6.07, 6.45) is 3.22. The molecule has 1 N–H and O–H groups in total. The lowest BCUT2D eigenvalue weighted by Crippen LogP contribution is -2.35. The summed E-state index contributed by atoms with van der Waals surface area (Å²) in [5, 5.41) is 3.48. The molecular formula is C15H26N4. The highest BCUT2D eigenvalue weighted by atomic mass is 15.3. The van der Waals surface area contributed by atoms with Crippen molar-refractivity contribution in [2.45, 2.75) is 53.1 Å². The third-order valence-electron chi connectivity index (χ3n) is 3.58. The molecule has 0 spiro atoms. The lowest BCUT2D eigenvalue weighted by atomic mass is 10.1. The van der Waals surface area contributed by atoms with Crippen molar-refractivity contribution < 1.29 is 0 Å². The number of aryl methyl sites for hydroxylation is 1. The number of rotatable bonds is 3. The largest absolute Gasteiger partial charge is 0.341 e. The highest BCUT2D eigenvalue weighted by molar-refractivity contribution is 5.34. The molecule has 4 nitrogen and oxygen atoms in total. The van der Waals surface area contributed by atoms with Crippen LogP contribution in [0.4, 0.5) is 5.95 Å². The second-order valence-corrected chi connectivity index (χ2v) is 6.72. The van der Waals surface area contributed by atoms with E-state index in [2.05, 4.69) is 54.8 Å². The molecule has 2 heterocycles. The van der Waals surface area contributed by atoms with Crippen LogP contribution in [0.25, 0.3) is 0 Å². The number of nitrogens with one attached hydrogen (secondary N) is 1. The molecule has 0 bridgehead atoms. The molecular weight excluding hydrogens is 236 g/mol. The van der Waals surface area contributed by atoms with Gasteiger partial charge in [0.2, 0.25) is 5.95 Å². The van der Waals surface area contributed by atoms with E-state index in [0.29, 0.717) is 0 Å². The van der Waals surface area contributed by atoms with Crippen LogP contribution in [0, 0.1) is 12.8 Å². The highest BCUT2D eigenvalue weighted by Crippen LogP contribution is 2.20. The summed E-state index contributed by atoms with van der Waals surface area (Å²) in [7, 11) is 0. The summed E-state index contributed by atoms with van der Waals surface area (Å²) in [4.78, 5) is 11.5. The van der Waals surface area contributed by atoms with Gasteiger partial charge in [-0.05, 0) is 40.0 Å². The van der Waals surface area contributed by atoms with Crippen molar-refractivity contribution in [1.29, 1.82) is 0 Å². The molecule has 0 amide bonds. The fourth-order valence-corrected chi connectivity index (χ4v) is 2.28. The fourth-order valence-electron chi connectivity index (χ4n) is 2.28. The van der Waals surface area contributed by atoms with Crippen LogP contribution in [-0.2, 0) is 6.54 Å². The standard InChI is InChI=1S/C15H26N4/c1-11-6-7-19(10-11)14-16-8-13(12(2)18-14)9-17-15(3,4)5/h8,11,17H,6-7,9-10H2,1-5H3. The first-order chi connectivity index (χ1) is 8.85. The van der Waals surface area contributed by atoms with E-state index in [-0.39, 0.29) is 5.54 Å². The number of hydrogen-bond donors (Lipinski definition) is 1. The topological polar surface area (TPSA) is 41.1 Å². The molecule has 4 heteroatoms. The van der Waals surface area contributed by atoms with Crippen molar-refractivity contribution in [2.24, 2.45) is 5.92 Å². The second kappa shape index (κ2) is 5.45. The molecule has 19 heavy (non-hydrogen) atoms. The number of aromatic nitrogens is 2. The zero-order chi connectivity index (χ0) is 14.0. The molecule has 1 aromatic rings. The zero-order valence-electron chi connectivity index (χ0n) is 12.8. The van der Waals surface area contributed by atoms with Gasteiger partial charge in [-0.2, -0.15) is 0 Å². The number of nitrogens with zero attached hydrogens (tertiary/aromatic N) is 3. The van der Waals surface area contributed by atoms with Crippen molar-refractivity contribution in [1.82, 2.24) is 15.3 Å². The molecule has 0 aliphatic carbocycles. The van der Waals surface area contributed by atoms with Gasteiger partial charge in [0.15, 0.2) is 0 Å². The first-order valence-electron chi connectivity index (χ1n) is 7.17. The average molecular weight is 262 g/mol. The van der Waals surface area contributed by atoms with Crippen LogP contribution in [-0.4, -0.2) is 28.6 Å². The van der Waals surface area contributed by atoms with Crippen LogP contribution >= 0.6 is 0 Å². The average Bonchev–Trinajstić information content (AvgIpc) is 2.73. The van der Waals surface area contributed by atoms with Crippen LogP contribution in [0.2, 0.25) is 0 Å². The van der Waals surface area contributed by atoms with Gasteiger partial charge < -0.3 is 10.2 Å². The molecule has 1 aliphatic rings. The molecule has 106 valence electrons. The SMILES string of the molecule is Cc1nc(N2CCC(C)C2)ncc1CNC(C)(C)C. The van der Waals surface area contributed by atoms with Crippen molar-refractivity contribution in [3.05, 3.63) is 17.5 Å². The van der Waals surface area contributed by atoms with Gasteiger partial charge in [-0.25, -0.2) is 9.97 Å². The maximum atomic E-state index is 4.67. The van der Waals surface area contributed by atoms with Crippen LogP contribution in [0.3, 0.4) is 0 Å². The Morgan fingerprint density at radius 2 is 2.16 bits per heavy atom. The van der Waals surface area contributed by atoms with Crippen LogP contribution in [0.1, 0.15) is 45.4 Å². The van der Waals surface area contributed by atoms with Gasteiger partial charge in [-0.3, -0.25) is 0 Å². The minimum atomic E-state index is 0.121. The van der Waals surface area contributed by atoms with Gasteiger partial charge in [0.1, 0.15) is 0 Å². The van der Waals surface area contributed by atoms with Gasteiger partial charge in [0, 0.05) is 42.6 Å². The first-order valence-corrected chi connectivity index (χ1v) is 7.17. The van der Waals surface area contributed by atoms with Crippen LogP contribution < -0.4 is 10.2 Å². The molecule has 1 aromatic heterocycles. The minimum absolute atomic E-state index is 0.121. The van der Waals surface area contributed by atoms with E-state index in [9.17, 15) is 0 Å². The van der Waals surface area contributed by atoms with E-state index >= 15 is 0 Å². The quantitative estimate of drug-likeness (QED) is 0.909. The van der Waals surface area contributed by atoms with Gasteiger partial charge >= 0.3 is 0 Å². The summed E-state index contributed by atoms with van der Waals surface area (Å²) in [6, 6.07) is 0. The van der Waals surface area contributed by atoms with E-state index in [1.165, 1.54) is 12.0 Å². The van der Waals surface area contributed by atoms with Crippen LogP contribution in [0.15, 0.2) is 6.20 Å². The van der Waals surface area contributed by atoms with Crippen molar-refractivity contribution >= 4 is 5.95 Å². The predicted molar refractivity (Wildman–Crippen MR) is 79.4 cm³/mol. The Labute approximate surface area is 116 Å². The Bertz CT molecular complexity index is 436. The van der Waals surface area contributed by atoms with E-state index in [1.54, 1.807) is 0 Å². The Morgan fingerprint density at radius 1 is 1.42 bits per heavy atom. The minimum Gasteiger partial charge on any atom is -0.341 e. The Balaban J connectivity index is 2.05. The maximum Gasteiger partial charge on any atom is 0.225 e. The third-order valence-corrected chi connectivity index (χ3v) is 3.58. The van der Waals surface area contributed by atoms with Crippen LogP contribution in [0.5, 0.6) is 0 Å². The highest BCUT2D eigenvalue weighted by Gasteiger charge is 2.21. The van der Waals surface area contributed by atoms with E-state index in [0.717, 1.165) is 37.2 Å². The maximum absolute atomic E-state index is 4.67. The smallest absolute Gasteiger partial charge is 0.225 e. The lowest BCUT2D eigenvalue weighted by Gasteiger charge is -2.22. The molecule has 0 aromatic carbocycles. The molecule has 1 aliphatic heterocycles. The molecule has 1 atom stereocenters. The van der Waals surface area contributed by atoms with E-state index in [4.69, 9.17) is 0 Å². The summed E-state index contributed by atoms with van der Waals surface area (Å²) >= 11 is 0. The Kier molecular flexibility index (Phi) is 4.09. The molecule has 1 saturated heterocycles. The summed E-state index contributed by atoms with van der Waals surface area (Å²) in [5.41, 5.74) is 2.39. The second-order valence-electron chi connectivity index (χ2n) is 6.72. The van der Waals surface area contributed by atoms with Gasteiger partial charge in [0.25, 0.3) is 0 Å². The molecule has 0 saturated carbocycles. The summed E-state index contributed by atoms with van der Waals surface area (Å²) < 4.78 is 0. The normalized spacial score (nSPS) is 20.1. The van der Waals surface area contributed by atoms with Crippen molar-refractivity contribution in [2.75, 3.05) is 18.0 Å².